The number of nitrogens with zero attached hydrogens (tertiary/aromatic N) is 1. The van der Waals surface area contributed by atoms with E-state index in [2.05, 4.69) is 29.4 Å². The second kappa shape index (κ2) is 10.1. The summed E-state index contributed by atoms with van der Waals surface area (Å²) in [5.74, 6) is 1.46. The molecule has 5 heteroatoms. The quantitative estimate of drug-likeness (QED) is 0.626. The van der Waals surface area contributed by atoms with Gasteiger partial charge in [0.15, 0.2) is 0 Å². The zero-order valence-electron chi connectivity index (χ0n) is 14.2. The van der Waals surface area contributed by atoms with Crippen molar-refractivity contribution in [3.8, 4) is 0 Å². The van der Waals surface area contributed by atoms with Gasteiger partial charge in [0.05, 0.1) is 12.6 Å². The molecule has 1 saturated heterocycles. The van der Waals surface area contributed by atoms with E-state index >= 15 is 0 Å². The van der Waals surface area contributed by atoms with Gasteiger partial charge in [0.2, 0.25) is 5.91 Å². The van der Waals surface area contributed by atoms with Crippen LogP contribution >= 0.6 is 0 Å². The van der Waals surface area contributed by atoms with Gasteiger partial charge >= 0.3 is 0 Å². The Balaban J connectivity index is 2.31. The summed E-state index contributed by atoms with van der Waals surface area (Å²) < 4.78 is 4.96. The van der Waals surface area contributed by atoms with Crippen LogP contribution in [0.2, 0.25) is 0 Å². The van der Waals surface area contributed by atoms with Crippen molar-refractivity contribution in [3.05, 3.63) is 0 Å². The molecule has 0 aromatic rings. The number of rotatable bonds is 9. The average Bonchev–Trinajstić information content (AvgIpc) is 2.46. The fourth-order valence-electron chi connectivity index (χ4n) is 2.78. The lowest BCUT2D eigenvalue weighted by Crippen LogP contribution is -2.50. The monoisotopic (exact) mass is 299 g/mol. The van der Waals surface area contributed by atoms with Crippen LogP contribution in [0.25, 0.3) is 0 Å². The summed E-state index contributed by atoms with van der Waals surface area (Å²) in [6, 6.07) is -0.0465. The van der Waals surface area contributed by atoms with Gasteiger partial charge in [-0.1, -0.05) is 13.8 Å². The minimum Gasteiger partial charge on any atom is -0.383 e. The fourth-order valence-corrected chi connectivity index (χ4v) is 2.78. The number of amides is 1. The van der Waals surface area contributed by atoms with E-state index in [4.69, 9.17) is 4.74 Å². The van der Waals surface area contributed by atoms with Gasteiger partial charge in [-0.25, -0.2) is 0 Å². The van der Waals surface area contributed by atoms with Gasteiger partial charge in [-0.15, -0.1) is 0 Å². The molecule has 2 unspecified atom stereocenters. The van der Waals surface area contributed by atoms with Crippen molar-refractivity contribution in [1.29, 1.82) is 0 Å². The predicted octanol–water partition coefficient (Wildman–Crippen LogP) is 1.10. The Hall–Kier alpha value is -0.650. The summed E-state index contributed by atoms with van der Waals surface area (Å²) in [5.41, 5.74) is 0. The van der Waals surface area contributed by atoms with Crippen molar-refractivity contribution < 1.29 is 9.53 Å². The average molecular weight is 299 g/mol. The second-order valence-corrected chi connectivity index (χ2v) is 6.52. The first-order valence-corrected chi connectivity index (χ1v) is 8.26. The molecule has 0 radical (unpaired) electrons. The van der Waals surface area contributed by atoms with Gasteiger partial charge in [0, 0.05) is 20.2 Å². The molecule has 5 nitrogen and oxygen atoms in total. The molecule has 0 spiro atoms. The number of ether oxygens (including phenoxy) is 1. The molecule has 2 atom stereocenters. The highest BCUT2D eigenvalue weighted by atomic mass is 16.5. The van der Waals surface area contributed by atoms with Crippen LogP contribution < -0.4 is 10.6 Å². The molecule has 1 aliphatic heterocycles. The number of hydrogen-bond acceptors (Lipinski definition) is 4. The Kier molecular flexibility index (Phi) is 8.88. The van der Waals surface area contributed by atoms with E-state index in [0.29, 0.717) is 25.0 Å². The first kappa shape index (κ1) is 18.4. The van der Waals surface area contributed by atoms with Gasteiger partial charge in [0.25, 0.3) is 0 Å². The minimum atomic E-state index is -0.0465. The lowest BCUT2D eigenvalue weighted by molar-refractivity contribution is -0.126. The van der Waals surface area contributed by atoms with Gasteiger partial charge in [0.1, 0.15) is 0 Å². The number of nitrogens with one attached hydrogen (secondary N) is 2. The zero-order valence-corrected chi connectivity index (χ0v) is 14.2. The normalized spacial score (nSPS) is 21.5. The van der Waals surface area contributed by atoms with Gasteiger partial charge < -0.3 is 15.4 Å². The van der Waals surface area contributed by atoms with Crippen molar-refractivity contribution in [3.63, 3.8) is 0 Å². The second-order valence-electron chi connectivity index (χ2n) is 6.52. The van der Waals surface area contributed by atoms with Crippen LogP contribution in [0, 0.1) is 11.8 Å². The van der Waals surface area contributed by atoms with E-state index in [9.17, 15) is 4.79 Å². The molecule has 1 fully saturated rings. The Morgan fingerprint density at radius 3 is 2.81 bits per heavy atom. The van der Waals surface area contributed by atoms with E-state index in [1.807, 2.05) is 6.92 Å². The summed E-state index contributed by atoms with van der Waals surface area (Å²) in [6.45, 7) is 11.8. The summed E-state index contributed by atoms with van der Waals surface area (Å²) in [5, 5.41) is 6.47. The molecule has 1 amide bonds. The van der Waals surface area contributed by atoms with E-state index in [1.165, 1.54) is 12.8 Å². The number of methoxy groups -OCH3 is 1. The Morgan fingerprint density at radius 1 is 1.38 bits per heavy atom. The van der Waals surface area contributed by atoms with Crippen LogP contribution in [0.5, 0.6) is 0 Å². The molecular weight excluding hydrogens is 266 g/mol. The van der Waals surface area contributed by atoms with Crippen LogP contribution in [0.3, 0.4) is 0 Å². The molecule has 0 aromatic carbocycles. The third-order valence-corrected chi connectivity index (χ3v) is 4.07. The smallest absolute Gasteiger partial charge is 0.237 e. The number of carbonyl (C=O) groups excluding carboxylic acids is 1. The third-order valence-electron chi connectivity index (χ3n) is 4.07. The number of piperidine rings is 1. The maximum atomic E-state index is 12.1. The minimum absolute atomic E-state index is 0.0465. The SMILES string of the molecule is COCCNC(=O)C(C)N1CCCC(CNCC(C)C)C1. The molecule has 0 saturated carbocycles. The number of carbonyl (C=O) groups is 1. The van der Waals surface area contributed by atoms with E-state index in [0.717, 1.165) is 26.2 Å². The third kappa shape index (κ3) is 7.25. The fraction of sp³-hybridized carbons (Fsp3) is 0.938. The standard InChI is InChI=1S/C16H33N3O2/c1-13(2)10-17-11-15-6-5-8-19(12-15)14(3)16(20)18-7-9-21-4/h13-15,17H,5-12H2,1-4H3,(H,18,20). The van der Waals surface area contributed by atoms with Crippen molar-refractivity contribution >= 4 is 5.91 Å². The molecule has 0 aliphatic carbocycles. The summed E-state index contributed by atoms with van der Waals surface area (Å²) >= 11 is 0. The lowest BCUT2D eigenvalue weighted by atomic mass is 9.96. The largest absolute Gasteiger partial charge is 0.383 e. The molecule has 1 heterocycles. The molecule has 0 bridgehead atoms. The van der Waals surface area contributed by atoms with E-state index in [-0.39, 0.29) is 11.9 Å². The topological polar surface area (TPSA) is 53.6 Å². The highest BCUT2D eigenvalue weighted by Gasteiger charge is 2.26. The number of likely N-dealkylation sites (tertiary alicyclic amines) is 1. The Labute approximate surface area is 129 Å². The maximum Gasteiger partial charge on any atom is 0.237 e. The molecule has 0 aromatic heterocycles. The molecule has 1 aliphatic rings. The van der Waals surface area contributed by atoms with Gasteiger partial charge in [-0.05, 0) is 51.2 Å². The summed E-state index contributed by atoms with van der Waals surface area (Å²) in [4.78, 5) is 14.4. The highest BCUT2D eigenvalue weighted by Crippen LogP contribution is 2.18. The van der Waals surface area contributed by atoms with E-state index in [1.54, 1.807) is 7.11 Å². The first-order valence-electron chi connectivity index (χ1n) is 8.26. The summed E-state index contributed by atoms with van der Waals surface area (Å²) in [7, 11) is 1.65. The Morgan fingerprint density at radius 2 is 2.14 bits per heavy atom. The lowest BCUT2D eigenvalue weighted by Gasteiger charge is -2.36. The van der Waals surface area contributed by atoms with Crippen molar-refractivity contribution in [2.24, 2.45) is 11.8 Å². The molecule has 2 N–H and O–H groups in total. The van der Waals surface area contributed by atoms with Crippen LogP contribution in [-0.2, 0) is 9.53 Å². The zero-order chi connectivity index (χ0) is 15.7. The van der Waals surface area contributed by atoms with Crippen molar-refractivity contribution in [2.75, 3.05) is 46.4 Å². The van der Waals surface area contributed by atoms with Gasteiger partial charge in [-0.2, -0.15) is 0 Å². The highest BCUT2D eigenvalue weighted by molar-refractivity contribution is 5.81. The molecule has 1 rings (SSSR count). The van der Waals surface area contributed by atoms with Gasteiger partial charge in [-0.3, -0.25) is 9.69 Å². The van der Waals surface area contributed by atoms with Crippen LogP contribution in [-0.4, -0.2) is 63.3 Å². The molecule has 21 heavy (non-hydrogen) atoms. The molecular formula is C16H33N3O2. The summed E-state index contributed by atoms with van der Waals surface area (Å²) in [6.07, 6.45) is 2.45. The van der Waals surface area contributed by atoms with Crippen LogP contribution in [0.4, 0.5) is 0 Å². The first-order chi connectivity index (χ1) is 10.0. The van der Waals surface area contributed by atoms with E-state index < -0.39 is 0 Å². The maximum absolute atomic E-state index is 12.1. The van der Waals surface area contributed by atoms with Crippen molar-refractivity contribution in [2.45, 2.75) is 39.7 Å². The van der Waals surface area contributed by atoms with Crippen LogP contribution in [0.1, 0.15) is 33.6 Å². The van der Waals surface area contributed by atoms with Crippen molar-refractivity contribution in [1.82, 2.24) is 15.5 Å². The Bertz CT molecular complexity index is 297. The number of hydrogen-bond donors (Lipinski definition) is 2. The molecule has 124 valence electrons. The van der Waals surface area contributed by atoms with Crippen LogP contribution in [0.15, 0.2) is 0 Å². The predicted molar refractivity (Wildman–Crippen MR) is 86.4 cm³/mol.